The van der Waals surface area contributed by atoms with E-state index in [2.05, 4.69) is 0 Å². The zero-order valence-corrected chi connectivity index (χ0v) is 21.2. The van der Waals surface area contributed by atoms with Crippen LogP contribution in [0.2, 0.25) is 5.02 Å². The molecule has 188 valence electrons. The Morgan fingerprint density at radius 1 is 1.09 bits per heavy atom. The first-order valence-electron chi connectivity index (χ1n) is 11.3. The van der Waals surface area contributed by atoms with Gasteiger partial charge in [0.15, 0.2) is 11.5 Å². The summed E-state index contributed by atoms with van der Waals surface area (Å²) in [5.41, 5.74) is 0.823. The summed E-state index contributed by atoms with van der Waals surface area (Å²) in [5, 5.41) is 11.5. The minimum Gasteiger partial charge on any atom is -0.507 e. The van der Waals surface area contributed by atoms with E-state index in [1.165, 1.54) is 25.2 Å². The molecule has 1 N–H and O–H groups in total. The van der Waals surface area contributed by atoms with Crippen LogP contribution in [0.15, 0.2) is 42.0 Å². The molecule has 1 unspecified atom stereocenters. The van der Waals surface area contributed by atoms with Crippen molar-refractivity contribution in [1.29, 1.82) is 0 Å². The number of aliphatic hydroxyl groups excluding tert-OH is 1. The maximum absolute atomic E-state index is 13.1. The van der Waals surface area contributed by atoms with Gasteiger partial charge in [-0.15, -0.1) is 0 Å². The summed E-state index contributed by atoms with van der Waals surface area (Å²) in [6.07, 6.45) is -0.0767. The molecule has 2 aromatic rings. The van der Waals surface area contributed by atoms with E-state index in [1.54, 1.807) is 30.3 Å². The molecule has 2 aromatic carbocycles. The van der Waals surface area contributed by atoms with Crippen LogP contribution < -0.4 is 14.2 Å². The van der Waals surface area contributed by atoms with Crippen molar-refractivity contribution >= 4 is 29.1 Å². The van der Waals surface area contributed by atoms with Crippen LogP contribution in [-0.2, 0) is 14.3 Å². The van der Waals surface area contributed by atoms with Crippen molar-refractivity contribution in [2.24, 2.45) is 0 Å². The minimum atomic E-state index is -0.863. The number of likely N-dealkylation sites (tertiary alicyclic amines) is 1. The Morgan fingerprint density at radius 3 is 2.40 bits per heavy atom. The molecular formula is C26H30ClNO7. The molecule has 0 saturated carbocycles. The number of methoxy groups -OCH3 is 2. The van der Waals surface area contributed by atoms with Crippen molar-refractivity contribution in [2.45, 2.75) is 32.9 Å². The van der Waals surface area contributed by atoms with Crippen molar-refractivity contribution in [3.8, 4) is 17.2 Å². The van der Waals surface area contributed by atoms with Crippen LogP contribution in [0.25, 0.3) is 5.76 Å². The zero-order valence-electron chi connectivity index (χ0n) is 20.5. The van der Waals surface area contributed by atoms with Gasteiger partial charge in [-0.2, -0.15) is 0 Å². The standard InChI is InChI=1S/C26H30ClNO7/c1-6-34-21-14-16(7-10-20(21)35-15(2)3)23-22(25(30)26(31)28(23)11-12-32-4)24(29)17-8-9-19(33-5)18(27)13-17/h7-10,13-15,23,29H,6,11-12H2,1-5H3/b24-22-. The molecule has 1 heterocycles. The van der Waals surface area contributed by atoms with E-state index in [1.807, 2.05) is 20.8 Å². The van der Waals surface area contributed by atoms with Gasteiger partial charge in [-0.25, -0.2) is 0 Å². The molecule has 0 spiro atoms. The van der Waals surface area contributed by atoms with Crippen molar-refractivity contribution in [3.63, 3.8) is 0 Å². The third kappa shape index (κ3) is 5.55. The molecule has 0 aromatic heterocycles. The van der Waals surface area contributed by atoms with Gasteiger partial charge in [0, 0.05) is 19.2 Å². The first kappa shape index (κ1) is 26.4. The highest BCUT2D eigenvalue weighted by Crippen LogP contribution is 2.42. The topological polar surface area (TPSA) is 94.5 Å². The van der Waals surface area contributed by atoms with E-state index in [-0.39, 0.29) is 41.2 Å². The molecule has 3 rings (SSSR count). The Hall–Kier alpha value is -3.23. The Labute approximate surface area is 210 Å². The molecule has 8 nitrogen and oxygen atoms in total. The Morgan fingerprint density at radius 2 is 1.80 bits per heavy atom. The maximum Gasteiger partial charge on any atom is 0.295 e. The van der Waals surface area contributed by atoms with Gasteiger partial charge in [-0.3, -0.25) is 9.59 Å². The predicted molar refractivity (Wildman–Crippen MR) is 132 cm³/mol. The smallest absolute Gasteiger partial charge is 0.295 e. The lowest BCUT2D eigenvalue weighted by Crippen LogP contribution is -2.32. The number of ketones is 1. The van der Waals surface area contributed by atoms with Gasteiger partial charge >= 0.3 is 0 Å². The van der Waals surface area contributed by atoms with Gasteiger partial charge in [0.25, 0.3) is 11.7 Å². The number of rotatable bonds is 10. The van der Waals surface area contributed by atoms with Gasteiger partial charge in [0.05, 0.1) is 43.1 Å². The lowest BCUT2D eigenvalue weighted by Gasteiger charge is -2.26. The minimum absolute atomic E-state index is 0.0488. The number of hydrogen-bond acceptors (Lipinski definition) is 7. The van der Waals surface area contributed by atoms with E-state index in [4.69, 9.17) is 30.5 Å². The third-order valence-corrected chi connectivity index (χ3v) is 5.74. The van der Waals surface area contributed by atoms with Gasteiger partial charge in [0.2, 0.25) is 0 Å². The van der Waals surface area contributed by atoms with Crippen LogP contribution in [0, 0.1) is 0 Å². The summed E-state index contributed by atoms with van der Waals surface area (Å²) in [6.45, 7) is 6.42. The van der Waals surface area contributed by atoms with E-state index in [0.717, 1.165) is 0 Å². The summed E-state index contributed by atoms with van der Waals surface area (Å²) >= 11 is 6.24. The number of amides is 1. The predicted octanol–water partition coefficient (Wildman–Crippen LogP) is 4.60. The van der Waals surface area contributed by atoms with E-state index in [9.17, 15) is 14.7 Å². The molecule has 9 heteroatoms. The van der Waals surface area contributed by atoms with Crippen LogP contribution >= 0.6 is 11.6 Å². The quantitative estimate of drug-likeness (QED) is 0.287. The van der Waals surface area contributed by atoms with E-state index < -0.39 is 17.7 Å². The molecule has 1 atom stereocenters. The van der Waals surface area contributed by atoms with Crippen LogP contribution in [0.1, 0.15) is 37.9 Å². The second-order valence-corrected chi connectivity index (χ2v) is 8.55. The monoisotopic (exact) mass is 503 g/mol. The average Bonchev–Trinajstić information content (AvgIpc) is 3.08. The first-order chi connectivity index (χ1) is 16.7. The molecule has 1 aliphatic rings. The number of benzene rings is 2. The summed E-state index contributed by atoms with van der Waals surface area (Å²) in [6, 6.07) is 9.00. The molecule has 1 amide bonds. The van der Waals surface area contributed by atoms with Gasteiger partial charge < -0.3 is 29.0 Å². The number of aliphatic hydroxyl groups is 1. The number of carbonyl (C=O) groups excluding carboxylic acids is 2. The number of ether oxygens (including phenoxy) is 4. The van der Waals surface area contributed by atoms with E-state index in [0.29, 0.717) is 29.4 Å². The largest absolute Gasteiger partial charge is 0.507 e. The normalized spacial score (nSPS) is 17.2. The molecule has 35 heavy (non-hydrogen) atoms. The molecule has 0 aliphatic carbocycles. The number of carbonyl (C=O) groups is 2. The lowest BCUT2D eigenvalue weighted by molar-refractivity contribution is -0.140. The van der Waals surface area contributed by atoms with Gasteiger partial charge in [-0.1, -0.05) is 17.7 Å². The Balaban J connectivity index is 2.18. The molecule has 0 bridgehead atoms. The molecule has 1 aliphatic heterocycles. The summed E-state index contributed by atoms with van der Waals surface area (Å²) in [5.74, 6) is -0.421. The highest BCUT2D eigenvalue weighted by molar-refractivity contribution is 6.46. The second kappa shape index (κ2) is 11.5. The highest BCUT2D eigenvalue weighted by atomic mass is 35.5. The summed E-state index contributed by atoms with van der Waals surface area (Å²) in [7, 11) is 2.99. The molecule has 1 saturated heterocycles. The number of halogens is 1. The van der Waals surface area contributed by atoms with Crippen LogP contribution in [0.5, 0.6) is 17.2 Å². The summed E-state index contributed by atoms with van der Waals surface area (Å²) < 4.78 is 22.0. The van der Waals surface area contributed by atoms with Crippen molar-refractivity contribution in [3.05, 3.63) is 58.1 Å². The second-order valence-electron chi connectivity index (χ2n) is 8.14. The fourth-order valence-electron chi connectivity index (χ4n) is 3.93. The maximum atomic E-state index is 13.1. The Bertz CT molecular complexity index is 1130. The van der Waals surface area contributed by atoms with Crippen LogP contribution in [0.4, 0.5) is 0 Å². The number of Topliss-reactive ketones (excluding diaryl/α,β-unsaturated/α-hetero) is 1. The van der Waals surface area contributed by atoms with Gasteiger partial charge in [-0.05, 0) is 56.7 Å². The zero-order chi connectivity index (χ0) is 25.7. The summed E-state index contributed by atoms with van der Waals surface area (Å²) in [4.78, 5) is 27.5. The third-order valence-electron chi connectivity index (χ3n) is 5.45. The molecule has 0 radical (unpaired) electrons. The van der Waals surface area contributed by atoms with E-state index >= 15 is 0 Å². The molecule has 1 fully saturated rings. The molecular weight excluding hydrogens is 474 g/mol. The lowest BCUT2D eigenvalue weighted by atomic mass is 9.95. The van der Waals surface area contributed by atoms with Crippen molar-refractivity contribution in [1.82, 2.24) is 4.90 Å². The SMILES string of the molecule is CCOc1cc(C2/C(=C(/O)c3ccc(OC)c(Cl)c3)C(=O)C(=O)N2CCOC)ccc1OC(C)C. The fourth-order valence-corrected chi connectivity index (χ4v) is 4.19. The van der Waals surface area contributed by atoms with Crippen molar-refractivity contribution in [2.75, 3.05) is 34.0 Å². The van der Waals surface area contributed by atoms with Crippen molar-refractivity contribution < 1.29 is 33.6 Å². The van der Waals surface area contributed by atoms with Gasteiger partial charge in [0.1, 0.15) is 11.5 Å². The number of nitrogens with zero attached hydrogens (tertiary/aromatic N) is 1. The number of hydrogen-bond donors (Lipinski definition) is 1. The average molecular weight is 504 g/mol. The van der Waals surface area contributed by atoms with Crippen LogP contribution in [-0.4, -0.2) is 61.8 Å². The first-order valence-corrected chi connectivity index (χ1v) is 11.7. The highest BCUT2D eigenvalue weighted by Gasteiger charge is 2.46. The fraction of sp³-hybridized carbons (Fsp3) is 0.385. The Kier molecular flexibility index (Phi) is 8.64. The van der Waals surface area contributed by atoms with Crippen LogP contribution in [0.3, 0.4) is 0 Å².